The fourth-order valence-corrected chi connectivity index (χ4v) is 3.06. The number of hydrogen-bond acceptors (Lipinski definition) is 2. The number of carbonyl (C=O) groups is 1. The molecule has 19 heavy (non-hydrogen) atoms. The van der Waals surface area contributed by atoms with Gasteiger partial charge in [-0.2, -0.15) is 0 Å². The first-order valence-corrected chi connectivity index (χ1v) is 7.21. The van der Waals surface area contributed by atoms with Gasteiger partial charge < -0.3 is 5.11 Å². The highest BCUT2D eigenvalue weighted by atomic mass is 35.5. The summed E-state index contributed by atoms with van der Waals surface area (Å²) in [5.41, 5.74) is 1.05. The lowest BCUT2D eigenvalue weighted by molar-refractivity contribution is -0.137. The van der Waals surface area contributed by atoms with Crippen molar-refractivity contribution in [2.24, 2.45) is 0 Å². The predicted octanol–water partition coefficient (Wildman–Crippen LogP) is 3.82. The molecule has 1 fully saturated rings. The Hall–Kier alpha value is -0.770. The highest BCUT2D eigenvalue weighted by molar-refractivity contribution is 6.35. The molecule has 0 bridgehead atoms. The van der Waals surface area contributed by atoms with E-state index >= 15 is 0 Å². The number of rotatable bonds is 5. The van der Waals surface area contributed by atoms with Crippen molar-refractivity contribution in [2.45, 2.75) is 38.3 Å². The second-order valence-corrected chi connectivity index (χ2v) is 5.78. The van der Waals surface area contributed by atoms with Gasteiger partial charge in [0.25, 0.3) is 0 Å². The third kappa shape index (κ3) is 4.10. The van der Waals surface area contributed by atoms with Crippen molar-refractivity contribution >= 4 is 29.2 Å². The number of hydrogen-bond donors (Lipinski definition) is 1. The minimum atomic E-state index is -0.726. The smallest absolute Gasteiger partial charge is 0.303 e. The van der Waals surface area contributed by atoms with E-state index in [9.17, 15) is 4.79 Å². The molecular weight excluding hydrogens is 285 g/mol. The first-order valence-electron chi connectivity index (χ1n) is 6.46. The van der Waals surface area contributed by atoms with E-state index in [1.54, 1.807) is 6.07 Å². The third-order valence-electron chi connectivity index (χ3n) is 3.58. The SMILES string of the molecule is O=C(O)CCC1CCCN1Cc1ccc(Cl)cc1Cl. The Labute approximate surface area is 123 Å². The van der Waals surface area contributed by atoms with Crippen LogP contribution in [0.2, 0.25) is 10.0 Å². The molecule has 2 rings (SSSR count). The number of carboxylic acid groups (broad SMARTS) is 1. The van der Waals surface area contributed by atoms with Crippen LogP contribution >= 0.6 is 23.2 Å². The van der Waals surface area contributed by atoms with Crippen LogP contribution in [-0.2, 0) is 11.3 Å². The van der Waals surface area contributed by atoms with E-state index in [-0.39, 0.29) is 6.42 Å². The second-order valence-electron chi connectivity index (χ2n) is 4.93. The highest BCUT2D eigenvalue weighted by Crippen LogP contribution is 2.27. The lowest BCUT2D eigenvalue weighted by Crippen LogP contribution is -2.29. The lowest BCUT2D eigenvalue weighted by atomic mass is 10.1. The highest BCUT2D eigenvalue weighted by Gasteiger charge is 2.25. The minimum absolute atomic E-state index is 0.232. The molecule has 0 saturated carbocycles. The van der Waals surface area contributed by atoms with Crippen LogP contribution in [0, 0.1) is 0 Å². The number of nitrogens with zero attached hydrogens (tertiary/aromatic N) is 1. The zero-order chi connectivity index (χ0) is 13.8. The summed E-state index contributed by atoms with van der Waals surface area (Å²) in [5.74, 6) is -0.726. The zero-order valence-corrected chi connectivity index (χ0v) is 12.1. The molecule has 5 heteroatoms. The van der Waals surface area contributed by atoms with Gasteiger partial charge in [-0.05, 0) is 43.5 Å². The molecule has 0 amide bonds. The summed E-state index contributed by atoms with van der Waals surface area (Å²) in [6, 6.07) is 5.88. The number of carboxylic acids is 1. The van der Waals surface area contributed by atoms with Gasteiger partial charge in [-0.1, -0.05) is 29.3 Å². The average molecular weight is 302 g/mol. The summed E-state index contributed by atoms with van der Waals surface area (Å²) in [5, 5.41) is 10.1. The van der Waals surface area contributed by atoms with Crippen LogP contribution in [0.4, 0.5) is 0 Å². The summed E-state index contributed by atoms with van der Waals surface area (Å²) >= 11 is 12.1. The summed E-state index contributed by atoms with van der Waals surface area (Å²) in [6.07, 6.45) is 3.13. The van der Waals surface area contributed by atoms with Crippen molar-refractivity contribution in [1.29, 1.82) is 0 Å². The molecule has 104 valence electrons. The Kier molecular flexibility index (Phi) is 5.08. The van der Waals surface area contributed by atoms with Crippen LogP contribution < -0.4 is 0 Å². The molecule has 1 atom stereocenters. The van der Waals surface area contributed by atoms with Crippen LogP contribution in [0.3, 0.4) is 0 Å². The number of likely N-dealkylation sites (tertiary alicyclic amines) is 1. The fraction of sp³-hybridized carbons (Fsp3) is 0.500. The lowest BCUT2D eigenvalue weighted by Gasteiger charge is -2.24. The predicted molar refractivity (Wildman–Crippen MR) is 76.8 cm³/mol. The van der Waals surface area contributed by atoms with Crippen LogP contribution in [0.15, 0.2) is 18.2 Å². The van der Waals surface area contributed by atoms with Crippen LogP contribution in [0.1, 0.15) is 31.2 Å². The van der Waals surface area contributed by atoms with Crippen LogP contribution in [-0.4, -0.2) is 28.6 Å². The normalized spacial score (nSPS) is 19.8. The van der Waals surface area contributed by atoms with Crippen LogP contribution in [0.25, 0.3) is 0 Å². The van der Waals surface area contributed by atoms with E-state index < -0.39 is 5.97 Å². The van der Waals surface area contributed by atoms with E-state index in [2.05, 4.69) is 4.90 Å². The molecule has 1 unspecified atom stereocenters. The Morgan fingerprint density at radius 3 is 2.89 bits per heavy atom. The molecule has 1 saturated heterocycles. The monoisotopic (exact) mass is 301 g/mol. The van der Waals surface area contributed by atoms with Gasteiger partial charge in [0.05, 0.1) is 0 Å². The molecule has 1 N–H and O–H groups in total. The summed E-state index contributed by atoms with van der Waals surface area (Å²) in [7, 11) is 0. The largest absolute Gasteiger partial charge is 0.481 e. The zero-order valence-electron chi connectivity index (χ0n) is 10.6. The van der Waals surface area contributed by atoms with E-state index in [4.69, 9.17) is 28.3 Å². The van der Waals surface area contributed by atoms with Gasteiger partial charge in [0.1, 0.15) is 0 Å². The maximum Gasteiger partial charge on any atom is 0.303 e. The van der Waals surface area contributed by atoms with E-state index in [0.717, 1.165) is 31.5 Å². The van der Waals surface area contributed by atoms with Gasteiger partial charge in [-0.3, -0.25) is 9.69 Å². The number of benzene rings is 1. The minimum Gasteiger partial charge on any atom is -0.481 e. The maximum absolute atomic E-state index is 10.7. The quantitative estimate of drug-likeness (QED) is 0.899. The van der Waals surface area contributed by atoms with E-state index in [1.165, 1.54) is 0 Å². The molecule has 0 spiro atoms. The molecule has 1 aromatic carbocycles. The van der Waals surface area contributed by atoms with Crippen molar-refractivity contribution in [3.05, 3.63) is 33.8 Å². The summed E-state index contributed by atoms with van der Waals surface area (Å²) in [6.45, 7) is 1.77. The molecule has 1 aromatic rings. The standard InChI is InChI=1S/C14H17Cl2NO2/c15-11-4-3-10(13(16)8-11)9-17-7-1-2-12(17)5-6-14(18)19/h3-4,8,12H,1-2,5-7,9H2,(H,18,19). The molecule has 0 aromatic heterocycles. The van der Waals surface area contributed by atoms with Crippen molar-refractivity contribution in [3.8, 4) is 0 Å². The molecule has 3 nitrogen and oxygen atoms in total. The maximum atomic E-state index is 10.7. The first kappa shape index (κ1) is 14.6. The van der Waals surface area contributed by atoms with Gasteiger partial charge in [-0.25, -0.2) is 0 Å². The van der Waals surface area contributed by atoms with E-state index in [1.807, 2.05) is 12.1 Å². The fourth-order valence-electron chi connectivity index (χ4n) is 2.59. The van der Waals surface area contributed by atoms with Crippen LogP contribution in [0.5, 0.6) is 0 Å². The van der Waals surface area contributed by atoms with E-state index in [0.29, 0.717) is 22.5 Å². The van der Waals surface area contributed by atoms with Crippen molar-refractivity contribution < 1.29 is 9.90 Å². The molecule has 0 radical (unpaired) electrons. The summed E-state index contributed by atoms with van der Waals surface area (Å²) < 4.78 is 0. The number of aliphatic carboxylic acids is 1. The molecule has 1 aliphatic heterocycles. The first-order chi connectivity index (χ1) is 9.06. The molecule has 1 heterocycles. The molecule has 1 aliphatic rings. The van der Waals surface area contributed by atoms with Gasteiger partial charge in [-0.15, -0.1) is 0 Å². The van der Waals surface area contributed by atoms with Crippen molar-refractivity contribution in [3.63, 3.8) is 0 Å². The average Bonchev–Trinajstić information content (AvgIpc) is 2.77. The topological polar surface area (TPSA) is 40.5 Å². The van der Waals surface area contributed by atoms with Crippen molar-refractivity contribution in [1.82, 2.24) is 4.90 Å². The Bertz CT molecular complexity index is 465. The Morgan fingerprint density at radius 1 is 1.42 bits per heavy atom. The van der Waals surface area contributed by atoms with Gasteiger partial charge in [0.2, 0.25) is 0 Å². The Morgan fingerprint density at radius 2 is 2.21 bits per heavy atom. The second kappa shape index (κ2) is 6.60. The van der Waals surface area contributed by atoms with Gasteiger partial charge in [0.15, 0.2) is 0 Å². The summed E-state index contributed by atoms with van der Waals surface area (Å²) in [4.78, 5) is 13.0. The molecular formula is C14H17Cl2NO2. The number of halogens is 2. The van der Waals surface area contributed by atoms with Gasteiger partial charge in [0, 0.05) is 29.1 Å². The Balaban J connectivity index is 1.98. The molecule has 0 aliphatic carbocycles. The van der Waals surface area contributed by atoms with Gasteiger partial charge >= 0.3 is 5.97 Å². The van der Waals surface area contributed by atoms with Crippen molar-refractivity contribution in [2.75, 3.05) is 6.54 Å². The third-order valence-corrected chi connectivity index (χ3v) is 4.17.